The van der Waals surface area contributed by atoms with Crippen molar-refractivity contribution in [1.29, 1.82) is 0 Å². The third-order valence-corrected chi connectivity index (χ3v) is 7.82. The van der Waals surface area contributed by atoms with Crippen LogP contribution in [0.3, 0.4) is 0 Å². The third-order valence-electron chi connectivity index (χ3n) is 6.49. The molecule has 0 radical (unpaired) electrons. The number of nitrogens with one attached hydrogen (secondary N) is 1. The molecule has 0 unspecified atom stereocenters. The van der Waals surface area contributed by atoms with Gasteiger partial charge in [0.25, 0.3) is 5.91 Å². The number of ether oxygens (including phenoxy) is 1. The predicted octanol–water partition coefficient (Wildman–Crippen LogP) is 3.61. The molecule has 1 aliphatic heterocycles. The van der Waals surface area contributed by atoms with E-state index in [0.29, 0.717) is 39.7 Å². The first kappa shape index (κ1) is 27.0. The second-order valence-corrected chi connectivity index (χ2v) is 10.8. The standard InChI is InChI=1S/C28H28ClN5O4S/c1-32(2)27(37)25-21(15-30-16-23(35)24-17-31-28(39-24)33-10-12-38-13-11-33)26(36)20-9-8-18(29)14-22(20)34(25)19-6-4-3-5-7-19/h3-9,14,17,30H,10-13,15-16H2,1-2H3. The number of carbonyl (C=O) groups excluding carboxylic acids is 2. The maximum Gasteiger partial charge on any atom is 0.270 e. The van der Waals surface area contributed by atoms with Crippen molar-refractivity contribution in [1.82, 2.24) is 19.8 Å². The molecule has 202 valence electrons. The van der Waals surface area contributed by atoms with Gasteiger partial charge in [0.2, 0.25) is 0 Å². The van der Waals surface area contributed by atoms with Crippen LogP contribution in [0.1, 0.15) is 25.7 Å². The smallest absolute Gasteiger partial charge is 0.270 e. The lowest BCUT2D eigenvalue weighted by atomic mass is 10.0. The van der Waals surface area contributed by atoms with E-state index in [1.54, 1.807) is 43.1 Å². The van der Waals surface area contributed by atoms with Crippen molar-refractivity contribution in [2.24, 2.45) is 0 Å². The van der Waals surface area contributed by atoms with Crippen LogP contribution in [0.2, 0.25) is 5.02 Å². The van der Waals surface area contributed by atoms with Crippen LogP contribution in [0, 0.1) is 0 Å². The molecular weight excluding hydrogens is 538 g/mol. The number of halogens is 1. The van der Waals surface area contributed by atoms with Crippen LogP contribution in [-0.2, 0) is 11.3 Å². The Hall–Kier alpha value is -3.57. The second kappa shape index (κ2) is 11.7. The lowest BCUT2D eigenvalue weighted by Crippen LogP contribution is -2.36. The van der Waals surface area contributed by atoms with Gasteiger partial charge in [-0.1, -0.05) is 41.1 Å². The zero-order chi connectivity index (χ0) is 27.5. The highest BCUT2D eigenvalue weighted by molar-refractivity contribution is 7.17. The van der Waals surface area contributed by atoms with Crippen LogP contribution in [0.5, 0.6) is 0 Å². The fourth-order valence-electron chi connectivity index (χ4n) is 4.54. The number of ketones is 1. The van der Waals surface area contributed by atoms with Gasteiger partial charge in [0.05, 0.1) is 36.3 Å². The summed E-state index contributed by atoms with van der Waals surface area (Å²) < 4.78 is 7.15. The van der Waals surface area contributed by atoms with Gasteiger partial charge < -0.3 is 24.4 Å². The number of fused-ring (bicyclic) bond motifs is 1. The number of benzene rings is 2. The van der Waals surface area contributed by atoms with Crippen LogP contribution in [0.15, 0.2) is 59.5 Å². The molecule has 1 aliphatic rings. The van der Waals surface area contributed by atoms with Gasteiger partial charge in [0.1, 0.15) is 5.69 Å². The highest BCUT2D eigenvalue weighted by Crippen LogP contribution is 2.26. The summed E-state index contributed by atoms with van der Waals surface area (Å²) in [7, 11) is 3.28. The van der Waals surface area contributed by atoms with Crippen molar-refractivity contribution in [3.8, 4) is 5.69 Å². The lowest BCUT2D eigenvalue weighted by Gasteiger charge is -2.25. The second-order valence-electron chi connectivity index (χ2n) is 9.32. The summed E-state index contributed by atoms with van der Waals surface area (Å²) in [6.07, 6.45) is 1.59. The van der Waals surface area contributed by atoms with E-state index in [1.807, 2.05) is 30.3 Å². The molecule has 1 amide bonds. The molecule has 0 saturated carbocycles. The van der Waals surface area contributed by atoms with Crippen LogP contribution < -0.4 is 15.6 Å². The molecule has 39 heavy (non-hydrogen) atoms. The number of amides is 1. The normalized spacial score (nSPS) is 13.6. The zero-order valence-corrected chi connectivity index (χ0v) is 23.2. The molecule has 3 heterocycles. The van der Waals surface area contributed by atoms with Crippen molar-refractivity contribution in [3.63, 3.8) is 0 Å². The van der Waals surface area contributed by atoms with Gasteiger partial charge in [-0.25, -0.2) is 4.98 Å². The number of Topliss-reactive ketones (excluding diaryl/α,β-unsaturated/α-hetero) is 1. The van der Waals surface area contributed by atoms with E-state index in [0.717, 1.165) is 18.2 Å². The topological polar surface area (TPSA) is 96.8 Å². The van der Waals surface area contributed by atoms with Gasteiger partial charge in [-0.2, -0.15) is 0 Å². The summed E-state index contributed by atoms with van der Waals surface area (Å²) >= 11 is 7.66. The number of aromatic nitrogens is 2. The quantitative estimate of drug-likeness (QED) is 0.326. The van der Waals surface area contributed by atoms with Crippen molar-refractivity contribution in [2.75, 3.05) is 51.8 Å². The summed E-state index contributed by atoms with van der Waals surface area (Å²) in [5.41, 5.74) is 1.46. The number of hydrogen-bond donors (Lipinski definition) is 1. The van der Waals surface area contributed by atoms with Gasteiger partial charge in [-0.05, 0) is 30.3 Å². The van der Waals surface area contributed by atoms with Crippen LogP contribution in [-0.4, -0.2) is 73.1 Å². The molecule has 0 spiro atoms. The van der Waals surface area contributed by atoms with Crippen molar-refractivity contribution in [2.45, 2.75) is 6.54 Å². The van der Waals surface area contributed by atoms with E-state index >= 15 is 0 Å². The number of rotatable bonds is 8. The van der Waals surface area contributed by atoms with Gasteiger partial charge in [0, 0.05) is 55.4 Å². The molecule has 11 heteroatoms. The lowest BCUT2D eigenvalue weighted by molar-refractivity contribution is 0.0818. The Labute approximate surface area is 234 Å². The zero-order valence-electron chi connectivity index (χ0n) is 21.6. The minimum atomic E-state index is -0.335. The largest absolute Gasteiger partial charge is 0.378 e. The van der Waals surface area contributed by atoms with Gasteiger partial charge >= 0.3 is 0 Å². The summed E-state index contributed by atoms with van der Waals surface area (Å²) in [5.74, 6) is -0.470. The van der Waals surface area contributed by atoms with Gasteiger partial charge in [0.15, 0.2) is 16.3 Å². The summed E-state index contributed by atoms with van der Waals surface area (Å²) in [6, 6.07) is 14.4. The Balaban J connectivity index is 1.49. The first-order valence-electron chi connectivity index (χ1n) is 12.5. The van der Waals surface area contributed by atoms with Crippen LogP contribution in [0.4, 0.5) is 5.13 Å². The summed E-state index contributed by atoms with van der Waals surface area (Å²) in [6.45, 7) is 2.77. The first-order chi connectivity index (χ1) is 18.8. The highest BCUT2D eigenvalue weighted by Gasteiger charge is 2.25. The number of pyridine rings is 1. The van der Waals surface area contributed by atoms with E-state index in [2.05, 4.69) is 15.2 Å². The maximum atomic E-state index is 13.7. The number of anilines is 1. The monoisotopic (exact) mass is 565 g/mol. The average molecular weight is 566 g/mol. The molecule has 1 fully saturated rings. The maximum absolute atomic E-state index is 13.7. The van der Waals surface area contributed by atoms with Crippen molar-refractivity contribution in [3.05, 3.63) is 86.1 Å². The Morgan fingerprint density at radius 3 is 2.59 bits per heavy atom. The SMILES string of the molecule is CN(C)C(=O)c1c(CNCC(=O)c2cnc(N3CCOCC3)s2)c(=O)c2ccc(Cl)cc2n1-c1ccccc1. The Kier molecular flexibility index (Phi) is 8.08. The molecule has 2 aromatic carbocycles. The average Bonchev–Trinajstić information content (AvgIpc) is 3.45. The molecule has 0 aliphatic carbocycles. The molecular formula is C28H28ClN5O4S. The molecule has 1 saturated heterocycles. The molecule has 1 N–H and O–H groups in total. The molecule has 4 aromatic rings. The van der Waals surface area contributed by atoms with Gasteiger partial charge in [-0.15, -0.1) is 0 Å². The molecule has 0 bridgehead atoms. The van der Waals surface area contributed by atoms with E-state index in [1.165, 1.54) is 16.2 Å². The first-order valence-corrected chi connectivity index (χ1v) is 13.7. The molecule has 2 aromatic heterocycles. The Bertz CT molecular complexity index is 1580. The predicted molar refractivity (Wildman–Crippen MR) is 154 cm³/mol. The van der Waals surface area contributed by atoms with E-state index in [-0.39, 0.29) is 41.5 Å². The molecule has 9 nitrogen and oxygen atoms in total. The van der Waals surface area contributed by atoms with Gasteiger partial charge in [-0.3, -0.25) is 14.4 Å². The molecule has 5 rings (SSSR count). The summed E-state index contributed by atoms with van der Waals surface area (Å²) in [5, 5.41) is 4.78. The Morgan fingerprint density at radius 1 is 1.13 bits per heavy atom. The number of para-hydroxylation sites is 1. The summed E-state index contributed by atoms with van der Waals surface area (Å²) in [4.78, 5) is 48.7. The van der Waals surface area contributed by atoms with Crippen molar-refractivity contribution < 1.29 is 14.3 Å². The minimum absolute atomic E-state index is 0.0101. The number of carbonyl (C=O) groups is 2. The third kappa shape index (κ3) is 5.60. The number of hydrogen-bond acceptors (Lipinski definition) is 8. The van der Waals surface area contributed by atoms with Crippen LogP contribution in [0.25, 0.3) is 16.6 Å². The van der Waals surface area contributed by atoms with Crippen molar-refractivity contribution >= 4 is 50.7 Å². The number of nitrogens with zero attached hydrogens (tertiary/aromatic N) is 4. The van der Waals surface area contributed by atoms with E-state index < -0.39 is 0 Å². The fourth-order valence-corrected chi connectivity index (χ4v) is 5.61. The fraction of sp³-hybridized carbons (Fsp3) is 0.286. The van der Waals surface area contributed by atoms with E-state index in [4.69, 9.17) is 16.3 Å². The highest BCUT2D eigenvalue weighted by atomic mass is 35.5. The number of morpholine rings is 1. The van der Waals surface area contributed by atoms with Crippen LogP contribution >= 0.6 is 22.9 Å². The Morgan fingerprint density at radius 2 is 1.87 bits per heavy atom. The van der Waals surface area contributed by atoms with E-state index in [9.17, 15) is 14.4 Å². The minimum Gasteiger partial charge on any atom is -0.378 e. The molecule has 0 atom stereocenters. The number of thiazole rings is 1.